The van der Waals surface area contributed by atoms with Crippen LogP contribution in [0.1, 0.15) is 35.0 Å². The first-order valence-corrected chi connectivity index (χ1v) is 9.11. The predicted octanol–water partition coefficient (Wildman–Crippen LogP) is 3.55. The maximum atomic E-state index is 5.65. The van der Waals surface area contributed by atoms with Gasteiger partial charge >= 0.3 is 0 Å². The molecule has 22 heavy (non-hydrogen) atoms. The monoisotopic (exact) mass is 332 g/mol. The quantitative estimate of drug-likeness (QED) is 0.618. The van der Waals surface area contributed by atoms with Crippen LogP contribution in [-0.2, 0) is 26.2 Å². The molecule has 1 saturated carbocycles. The van der Waals surface area contributed by atoms with Gasteiger partial charge in [-0.2, -0.15) is 5.10 Å². The van der Waals surface area contributed by atoms with Gasteiger partial charge in [-0.05, 0) is 48.5 Å². The van der Waals surface area contributed by atoms with Gasteiger partial charge in [0.15, 0.2) is 4.77 Å². The van der Waals surface area contributed by atoms with Crippen LogP contribution in [0.25, 0.3) is 0 Å². The Labute approximate surface area is 139 Å². The molecule has 2 aromatic heterocycles. The van der Waals surface area contributed by atoms with Gasteiger partial charge in [0.05, 0.1) is 6.67 Å². The maximum absolute atomic E-state index is 5.65. The molecule has 0 spiro atoms. The van der Waals surface area contributed by atoms with Crippen molar-refractivity contribution in [2.45, 2.75) is 44.9 Å². The Kier molecular flexibility index (Phi) is 3.76. The van der Waals surface area contributed by atoms with Crippen LogP contribution in [-0.4, -0.2) is 25.8 Å². The largest absolute Gasteiger partial charge is 0.300 e. The van der Waals surface area contributed by atoms with E-state index in [0.717, 1.165) is 43.3 Å². The average Bonchev–Trinajstić information content (AvgIpc) is 3.18. The lowest BCUT2D eigenvalue weighted by Gasteiger charge is -2.26. The summed E-state index contributed by atoms with van der Waals surface area (Å²) < 4.78 is 4.99. The molecule has 2 aliphatic rings. The first kappa shape index (κ1) is 14.4. The summed E-state index contributed by atoms with van der Waals surface area (Å²) in [6.07, 6.45) is 5.53. The molecule has 0 bridgehead atoms. The van der Waals surface area contributed by atoms with Gasteiger partial charge in [-0.1, -0.05) is 6.08 Å². The van der Waals surface area contributed by atoms with Crippen LogP contribution in [0.15, 0.2) is 24.1 Å². The molecule has 0 atom stereocenters. The molecule has 1 aliphatic heterocycles. The zero-order chi connectivity index (χ0) is 15.1. The Morgan fingerprint density at radius 2 is 2.32 bits per heavy atom. The minimum atomic E-state index is 0.604. The maximum Gasteiger partial charge on any atom is 0.199 e. The molecule has 0 aromatic carbocycles. The van der Waals surface area contributed by atoms with Crippen LogP contribution in [0.2, 0.25) is 0 Å². The molecule has 6 heteroatoms. The number of nitrogens with zero attached hydrogens (tertiary/aromatic N) is 4. The van der Waals surface area contributed by atoms with E-state index in [4.69, 9.17) is 17.3 Å². The van der Waals surface area contributed by atoms with Gasteiger partial charge in [0.1, 0.15) is 5.82 Å². The molecule has 2 aromatic rings. The number of hydrogen-bond acceptors (Lipinski definition) is 4. The first-order valence-electron chi connectivity index (χ1n) is 7.82. The molecule has 116 valence electrons. The molecule has 0 amide bonds. The molecule has 0 N–H and O–H groups in total. The second-order valence-corrected chi connectivity index (χ2v) is 7.49. The van der Waals surface area contributed by atoms with E-state index in [9.17, 15) is 0 Å². The van der Waals surface area contributed by atoms with E-state index < -0.39 is 0 Å². The number of allylic oxidation sites excluding steroid dienone is 1. The summed E-state index contributed by atoms with van der Waals surface area (Å²) in [5.41, 5.74) is 1.47. The molecule has 4 rings (SSSR count). The summed E-state index contributed by atoms with van der Waals surface area (Å²) in [5, 5.41) is 7.01. The normalized spacial score (nSPS) is 18.4. The summed E-state index contributed by atoms with van der Waals surface area (Å²) in [5.74, 6) is 1.76. The Morgan fingerprint density at radius 1 is 1.45 bits per heavy atom. The Bertz CT molecular complexity index is 751. The van der Waals surface area contributed by atoms with Gasteiger partial charge in [-0.15, -0.1) is 17.9 Å². The highest BCUT2D eigenvalue weighted by atomic mass is 32.1. The SMILES string of the molecule is C=CCn1c(C2CC2)nn(CN2CCc3sccc3C2)c1=S. The Hall–Kier alpha value is -1.24. The number of rotatable bonds is 5. The van der Waals surface area contributed by atoms with Gasteiger partial charge in [0.2, 0.25) is 0 Å². The topological polar surface area (TPSA) is 26.0 Å². The summed E-state index contributed by atoms with van der Waals surface area (Å²) in [6.45, 7) is 7.49. The smallest absolute Gasteiger partial charge is 0.199 e. The van der Waals surface area contributed by atoms with E-state index in [0.29, 0.717) is 5.92 Å². The number of fused-ring (bicyclic) bond motifs is 1. The fourth-order valence-electron chi connectivity index (χ4n) is 3.11. The second kappa shape index (κ2) is 5.76. The zero-order valence-electron chi connectivity index (χ0n) is 12.6. The Morgan fingerprint density at radius 3 is 3.09 bits per heavy atom. The zero-order valence-corrected chi connectivity index (χ0v) is 14.2. The van der Waals surface area contributed by atoms with Gasteiger partial charge < -0.3 is 0 Å². The van der Waals surface area contributed by atoms with Crippen molar-refractivity contribution < 1.29 is 0 Å². The van der Waals surface area contributed by atoms with Crippen molar-refractivity contribution in [1.82, 2.24) is 19.2 Å². The summed E-state index contributed by atoms with van der Waals surface area (Å²) in [4.78, 5) is 3.97. The number of thiophene rings is 1. The van der Waals surface area contributed by atoms with Gasteiger partial charge in [-0.3, -0.25) is 9.47 Å². The third-order valence-corrected chi connectivity index (χ3v) is 5.88. The van der Waals surface area contributed by atoms with Crippen LogP contribution in [0.3, 0.4) is 0 Å². The van der Waals surface area contributed by atoms with Crippen LogP contribution in [0.5, 0.6) is 0 Å². The molecule has 4 nitrogen and oxygen atoms in total. The summed E-state index contributed by atoms with van der Waals surface area (Å²) in [7, 11) is 0. The van der Waals surface area contributed by atoms with Crippen molar-refractivity contribution in [3.05, 3.63) is 45.1 Å². The van der Waals surface area contributed by atoms with Crippen molar-refractivity contribution in [3.8, 4) is 0 Å². The molecular weight excluding hydrogens is 312 g/mol. The lowest BCUT2D eigenvalue weighted by atomic mass is 10.1. The lowest BCUT2D eigenvalue weighted by Crippen LogP contribution is -2.32. The van der Waals surface area contributed by atoms with E-state index in [-0.39, 0.29) is 0 Å². The predicted molar refractivity (Wildman–Crippen MR) is 91.7 cm³/mol. The second-order valence-electron chi connectivity index (χ2n) is 6.13. The van der Waals surface area contributed by atoms with Gasteiger partial charge in [0, 0.05) is 30.4 Å². The highest BCUT2D eigenvalue weighted by Crippen LogP contribution is 2.39. The molecular formula is C16H20N4S2. The van der Waals surface area contributed by atoms with Crippen molar-refractivity contribution in [2.75, 3.05) is 6.54 Å². The highest BCUT2D eigenvalue weighted by Gasteiger charge is 2.30. The van der Waals surface area contributed by atoms with Crippen molar-refractivity contribution in [2.24, 2.45) is 0 Å². The molecule has 0 saturated heterocycles. The fraction of sp³-hybridized carbons (Fsp3) is 0.500. The minimum absolute atomic E-state index is 0.604. The van der Waals surface area contributed by atoms with E-state index >= 15 is 0 Å². The average molecular weight is 332 g/mol. The third-order valence-electron chi connectivity index (χ3n) is 4.43. The summed E-state index contributed by atoms with van der Waals surface area (Å²) >= 11 is 7.52. The van der Waals surface area contributed by atoms with Crippen molar-refractivity contribution >= 4 is 23.6 Å². The lowest BCUT2D eigenvalue weighted by molar-refractivity contribution is 0.189. The first-order chi connectivity index (χ1) is 10.8. The molecule has 3 heterocycles. The van der Waals surface area contributed by atoms with E-state index in [1.807, 2.05) is 22.1 Å². The van der Waals surface area contributed by atoms with E-state index in [1.54, 1.807) is 0 Å². The highest BCUT2D eigenvalue weighted by molar-refractivity contribution is 7.71. The van der Waals surface area contributed by atoms with Gasteiger partial charge in [0.25, 0.3) is 0 Å². The molecule has 1 fully saturated rings. The molecule has 0 unspecified atom stereocenters. The van der Waals surface area contributed by atoms with Crippen LogP contribution < -0.4 is 0 Å². The fourth-order valence-corrected chi connectivity index (χ4v) is 4.27. The van der Waals surface area contributed by atoms with Crippen molar-refractivity contribution in [1.29, 1.82) is 0 Å². The number of hydrogen-bond donors (Lipinski definition) is 0. The van der Waals surface area contributed by atoms with Crippen LogP contribution in [0, 0.1) is 4.77 Å². The van der Waals surface area contributed by atoms with E-state index in [2.05, 4.69) is 27.5 Å². The minimum Gasteiger partial charge on any atom is -0.300 e. The van der Waals surface area contributed by atoms with Crippen LogP contribution >= 0.6 is 23.6 Å². The number of aromatic nitrogens is 3. The van der Waals surface area contributed by atoms with Crippen LogP contribution in [0.4, 0.5) is 0 Å². The molecule has 1 aliphatic carbocycles. The summed E-state index contributed by atoms with van der Waals surface area (Å²) in [6, 6.07) is 2.25. The Balaban J connectivity index is 1.57. The molecule has 0 radical (unpaired) electrons. The van der Waals surface area contributed by atoms with Gasteiger partial charge in [-0.25, -0.2) is 4.68 Å². The standard InChI is InChI=1S/C16H20N4S2/c1-2-7-19-15(12-3-4-12)17-20(16(19)21)11-18-8-5-14-13(10-18)6-9-22-14/h2,6,9,12H,1,3-5,7-8,10-11H2. The van der Waals surface area contributed by atoms with Crippen molar-refractivity contribution in [3.63, 3.8) is 0 Å². The van der Waals surface area contributed by atoms with E-state index in [1.165, 1.54) is 23.3 Å². The third kappa shape index (κ3) is 2.59.